The number of rotatable bonds is 6. The molecule has 0 radical (unpaired) electrons. The maximum atomic E-state index is 15.0. The average molecular weight is 450 g/mol. The fraction of sp³-hybridized carbons (Fsp3) is 0.263. The molecule has 1 aromatic carbocycles. The molecule has 0 unspecified atom stereocenters. The lowest BCUT2D eigenvalue weighted by Crippen LogP contribution is -2.15. The van der Waals surface area contributed by atoms with Crippen molar-refractivity contribution < 1.29 is 18.0 Å². The number of benzene rings is 1. The van der Waals surface area contributed by atoms with Gasteiger partial charge in [-0.2, -0.15) is 5.10 Å². The molecule has 3 aromatic heterocycles. The maximum Gasteiger partial charge on any atom is 0.231 e. The fourth-order valence-electron chi connectivity index (χ4n) is 3.45. The molecule has 1 saturated carbocycles. The largest absolute Gasteiger partial charge is 0.378 e. The van der Waals surface area contributed by atoms with E-state index in [1.807, 2.05) is 0 Å². The number of hydrogen-bond acceptors (Lipinski definition) is 5. The number of H-pyrrole nitrogens is 1. The van der Waals surface area contributed by atoms with Crippen molar-refractivity contribution in [1.82, 2.24) is 24.6 Å². The van der Waals surface area contributed by atoms with E-state index in [1.165, 1.54) is 12.4 Å². The second kappa shape index (κ2) is 7.41. The molecular formula is C19H15ClF3N7O. The number of fused-ring (bicyclic) bond motifs is 2. The number of nitrogens with zero attached hydrogens (tertiary/aromatic N) is 4. The standard InChI is InChI=1S/C19H15ClF3N7O/c20-15-14(9-4-26-29-17(9)18(16(15)23)24-2-1-21)11-6-30-7-12(27-13(30)5-25-11)28-19(31)8-3-10(8)22/h4-8,10,24H,1-3H2,(H,26,29)(H,28,31)/t8-,10+/m1/s1. The summed E-state index contributed by atoms with van der Waals surface area (Å²) >= 11 is 6.32. The molecule has 0 aliphatic heterocycles. The molecule has 1 aliphatic rings. The van der Waals surface area contributed by atoms with Crippen LogP contribution in [-0.4, -0.2) is 49.9 Å². The van der Waals surface area contributed by atoms with Crippen LogP contribution < -0.4 is 10.6 Å². The van der Waals surface area contributed by atoms with Crippen molar-refractivity contribution in [2.75, 3.05) is 23.9 Å². The zero-order valence-electron chi connectivity index (χ0n) is 15.8. The normalized spacial score (nSPS) is 17.9. The van der Waals surface area contributed by atoms with Gasteiger partial charge in [-0.25, -0.2) is 18.2 Å². The first-order valence-corrected chi connectivity index (χ1v) is 9.79. The quantitative estimate of drug-likeness (QED) is 0.416. The van der Waals surface area contributed by atoms with E-state index in [-0.39, 0.29) is 29.5 Å². The Hall–Kier alpha value is -3.34. The lowest BCUT2D eigenvalue weighted by Gasteiger charge is -2.13. The number of aromatic nitrogens is 5. The molecule has 0 spiro atoms. The molecule has 1 fully saturated rings. The van der Waals surface area contributed by atoms with Gasteiger partial charge in [-0.15, -0.1) is 0 Å². The van der Waals surface area contributed by atoms with Gasteiger partial charge in [-0.1, -0.05) is 11.6 Å². The average Bonchev–Trinajstić information content (AvgIpc) is 3.12. The van der Waals surface area contributed by atoms with Gasteiger partial charge in [-0.3, -0.25) is 14.9 Å². The van der Waals surface area contributed by atoms with Gasteiger partial charge in [0.1, 0.15) is 12.8 Å². The molecule has 1 aliphatic carbocycles. The van der Waals surface area contributed by atoms with Gasteiger partial charge in [0.05, 0.1) is 46.4 Å². The molecule has 2 atom stereocenters. The Morgan fingerprint density at radius 2 is 2.16 bits per heavy atom. The minimum Gasteiger partial charge on any atom is -0.378 e. The third kappa shape index (κ3) is 3.34. The second-order valence-corrected chi connectivity index (χ2v) is 7.54. The van der Waals surface area contributed by atoms with Crippen LogP contribution in [0.2, 0.25) is 5.02 Å². The van der Waals surface area contributed by atoms with Crippen LogP contribution in [0.5, 0.6) is 0 Å². The molecule has 0 bridgehead atoms. The Morgan fingerprint density at radius 1 is 1.35 bits per heavy atom. The highest BCUT2D eigenvalue weighted by molar-refractivity contribution is 6.35. The van der Waals surface area contributed by atoms with E-state index in [1.54, 1.807) is 16.8 Å². The van der Waals surface area contributed by atoms with Crippen LogP contribution in [0.1, 0.15) is 6.42 Å². The van der Waals surface area contributed by atoms with Gasteiger partial charge in [0.25, 0.3) is 0 Å². The van der Waals surface area contributed by atoms with E-state index in [9.17, 15) is 18.0 Å². The van der Waals surface area contributed by atoms with Crippen molar-refractivity contribution in [2.45, 2.75) is 12.6 Å². The van der Waals surface area contributed by atoms with E-state index >= 15 is 0 Å². The highest BCUT2D eigenvalue weighted by atomic mass is 35.5. The Bertz CT molecular complexity index is 1320. The first-order valence-electron chi connectivity index (χ1n) is 9.42. The smallest absolute Gasteiger partial charge is 0.231 e. The number of carbonyl (C=O) groups is 1. The lowest BCUT2D eigenvalue weighted by atomic mass is 10.1. The number of alkyl halides is 2. The summed E-state index contributed by atoms with van der Waals surface area (Å²) in [4.78, 5) is 20.5. The van der Waals surface area contributed by atoms with Crippen molar-refractivity contribution in [3.63, 3.8) is 0 Å². The van der Waals surface area contributed by atoms with Crippen LogP contribution in [0.25, 0.3) is 27.8 Å². The molecule has 3 N–H and O–H groups in total. The number of amides is 1. The highest BCUT2D eigenvalue weighted by Crippen LogP contribution is 2.40. The van der Waals surface area contributed by atoms with Crippen molar-refractivity contribution in [1.29, 1.82) is 0 Å². The Morgan fingerprint density at radius 3 is 2.90 bits per heavy atom. The van der Waals surface area contributed by atoms with Gasteiger partial charge >= 0.3 is 0 Å². The number of anilines is 2. The van der Waals surface area contributed by atoms with Gasteiger partial charge in [0, 0.05) is 23.7 Å². The monoisotopic (exact) mass is 449 g/mol. The molecule has 1 amide bonds. The predicted molar refractivity (Wildman–Crippen MR) is 109 cm³/mol. The topological polar surface area (TPSA) is 100 Å². The van der Waals surface area contributed by atoms with Crippen LogP contribution in [0.15, 0.2) is 24.8 Å². The van der Waals surface area contributed by atoms with Crippen LogP contribution in [-0.2, 0) is 4.79 Å². The molecule has 0 saturated heterocycles. The van der Waals surface area contributed by atoms with Gasteiger partial charge in [0.2, 0.25) is 5.91 Å². The Balaban J connectivity index is 1.55. The minimum absolute atomic E-state index is 0.0267. The predicted octanol–water partition coefficient (Wildman–Crippen LogP) is 3.74. The molecule has 8 nitrogen and oxygen atoms in total. The van der Waals surface area contributed by atoms with Crippen molar-refractivity contribution in [3.05, 3.63) is 35.6 Å². The summed E-state index contributed by atoms with van der Waals surface area (Å²) in [7, 11) is 0. The van der Waals surface area contributed by atoms with E-state index in [0.717, 1.165) is 0 Å². The van der Waals surface area contributed by atoms with Crippen LogP contribution in [0, 0.1) is 11.7 Å². The summed E-state index contributed by atoms with van der Waals surface area (Å²) in [6.07, 6.45) is 5.14. The van der Waals surface area contributed by atoms with Gasteiger partial charge < -0.3 is 15.0 Å². The van der Waals surface area contributed by atoms with E-state index < -0.39 is 30.5 Å². The first-order chi connectivity index (χ1) is 15.0. The SMILES string of the molecule is O=C(Nc1cn2cc(-c3c(Cl)c(F)c(NCCF)c4[nH]ncc34)ncc2n1)[C@@H]1C[C@@H]1F. The summed E-state index contributed by atoms with van der Waals surface area (Å²) in [6.45, 7) is -0.767. The van der Waals surface area contributed by atoms with Crippen LogP contribution in [0.4, 0.5) is 24.7 Å². The number of nitrogens with one attached hydrogen (secondary N) is 3. The van der Waals surface area contributed by atoms with Gasteiger partial charge in [-0.05, 0) is 6.42 Å². The summed E-state index contributed by atoms with van der Waals surface area (Å²) < 4.78 is 42.2. The summed E-state index contributed by atoms with van der Waals surface area (Å²) in [5.74, 6) is -1.57. The van der Waals surface area contributed by atoms with E-state index in [2.05, 4.69) is 30.8 Å². The van der Waals surface area contributed by atoms with E-state index in [4.69, 9.17) is 11.6 Å². The third-order valence-corrected chi connectivity index (χ3v) is 5.44. The zero-order valence-corrected chi connectivity index (χ0v) is 16.6. The number of halogens is 4. The molecule has 5 rings (SSSR count). The number of aromatic amines is 1. The highest BCUT2D eigenvalue weighted by Gasteiger charge is 2.43. The molecule has 4 aromatic rings. The summed E-state index contributed by atoms with van der Waals surface area (Å²) in [5, 5.41) is 12.2. The van der Waals surface area contributed by atoms with Crippen molar-refractivity contribution >= 4 is 45.6 Å². The molecular weight excluding hydrogens is 435 g/mol. The van der Waals surface area contributed by atoms with Crippen LogP contribution in [0.3, 0.4) is 0 Å². The van der Waals surface area contributed by atoms with E-state index in [0.29, 0.717) is 27.8 Å². The lowest BCUT2D eigenvalue weighted by molar-refractivity contribution is -0.117. The number of carbonyl (C=O) groups excluding carboxylic acids is 1. The van der Waals surface area contributed by atoms with Crippen molar-refractivity contribution in [3.8, 4) is 11.3 Å². The molecule has 12 heteroatoms. The van der Waals surface area contributed by atoms with Crippen molar-refractivity contribution in [2.24, 2.45) is 5.92 Å². The minimum atomic E-state index is -1.11. The molecule has 31 heavy (non-hydrogen) atoms. The fourth-order valence-corrected chi connectivity index (χ4v) is 3.74. The second-order valence-electron chi connectivity index (χ2n) is 7.16. The zero-order chi connectivity index (χ0) is 21.7. The Kier molecular flexibility index (Phi) is 4.69. The van der Waals surface area contributed by atoms with Crippen LogP contribution >= 0.6 is 11.6 Å². The molecule has 3 heterocycles. The van der Waals surface area contributed by atoms with Gasteiger partial charge in [0.15, 0.2) is 17.3 Å². The third-order valence-electron chi connectivity index (χ3n) is 5.08. The first kappa shape index (κ1) is 19.6. The summed E-state index contributed by atoms with van der Waals surface area (Å²) in [5.41, 5.74) is 1.41. The maximum absolute atomic E-state index is 15.0. The Labute approximate surface area is 177 Å². The summed E-state index contributed by atoms with van der Waals surface area (Å²) in [6, 6.07) is 0. The number of hydrogen-bond donors (Lipinski definition) is 3. The number of imidazole rings is 1. The molecule has 160 valence electrons.